The molecule has 1 rings (SSSR count). The number of hydrogen-bond donors (Lipinski definition) is 1. The second-order valence-electron chi connectivity index (χ2n) is 3.77. The standard InChI is InChI=1S/C11H13Br2NO2/c1-11(2,13)10(15)14-9-6-7(16-3)4-5-8(9)12/h4-6H,1-3H3,(H,14,15). The molecular weight excluding hydrogens is 338 g/mol. The molecule has 0 bridgehead atoms. The van der Waals surface area contributed by atoms with Crippen LogP contribution in [0.25, 0.3) is 0 Å². The van der Waals surface area contributed by atoms with Crippen molar-refractivity contribution in [2.75, 3.05) is 12.4 Å². The van der Waals surface area contributed by atoms with Gasteiger partial charge in [-0.1, -0.05) is 15.9 Å². The predicted molar refractivity (Wildman–Crippen MR) is 72.3 cm³/mol. The Labute approximate surface area is 112 Å². The average Bonchev–Trinajstić information content (AvgIpc) is 2.19. The number of anilines is 1. The summed E-state index contributed by atoms with van der Waals surface area (Å²) in [6, 6.07) is 5.41. The van der Waals surface area contributed by atoms with Gasteiger partial charge in [0, 0.05) is 10.5 Å². The molecule has 1 amide bonds. The third-order valence-electron chi connectivity index (χ3n) is 1.96. The first-order valence-electron chi connectivity index (χ1n) is 4.68. The molecule has 1 aromatic carbocycles. The number of carbonyl (C=O) groups excluding carboxylic acids is 1. The Kier molecular flexibility index (Phi) is 4.38. The maximum atomic E-state index is 11.8. The van der Waals surface area contributed by atoms with E-state index in [9.17, 15) is 4.79 Å². The molecule has 5 heteroatoms. The largest absolute Gasteiger partial charge is 0.497 e. The summed E-state index contributed by atoms with van der Waals surface area (Å²) in [6.45, 7) is 3.58. The van der Waals surface area contributed by atoms with Crippen molar-refractivity contribution in [2.24, 2.45) is 0 Å². The van der Waals surface area contributed by atoms with Crippen LogP contribution in [0.2, 0.25) is 0 Å². The van der Waals surface area contributed by atoms with E-state index in [1.807, 2.05) is 12.1 Å². The molecule has 16 heavy (non-hydrogen) atoms. The quantitative estimate of drug-likeness (QED) is 0.846. The Balaban J connectivity index is 2.92. The van der Waals surface area contributed by atoms with Crippen LogP contribution in [0.1, 0.15) is 13.8 Å². The summed E-state index contributed by atoms with van der Waals surface area (Å²) in [5.74, 6) is 0.590. The van der Waals surface area contributed by atoms with Crippen LogP contribution >= 0.6 is 31.9 Å². The number of alkyl halides is 1. The van der Waals surface area contributed by atoms with Gasteiger partial charge in [0.05, 0.1) is 17.1 Å². The summed E-state index contributed by atoms with van der Waals surface area (Å²) in [7, 11) is 1.59. The van der Waals surface area contributed by atoms with E-state index < -0.39 is 4.32 Å². The number of amides is 1. The Bertz CT molecular complexity index is 399. The summed E-state index contributed by atoms with van der Waals surface area (Å²) in [6.07, 6.45) is 0. The van der Waals surface area contributed by atoms with Gasteiger partial charge in [-0.3, -0.25) is 4.79 Å². The summed E-state index contributed by atoms with van der Waals surface area (Å²) < 4.78 is 5.31. The third kappa shape index (κ3) is 3.49. The van der Waals surface area contributed by atoms with Crippen molar-refractivity contribution in [3.8, 4) is 5.75 Å². The zero-order chi connectivity index (χ0) is 12.3. The molecule has 88 valence electrons. The lowest BCUT2D eigenvalue weighted by molar-refractivity contribution is -0.117. The third-order valence-corrected chi connectivity index (χ3v) is 3.01. The molecule has 0 saturated carbocycles. The zero-order valence-electron chi connectivity index (χ0n) is 9.30. The highest BCUT2D eigenvalue weighted by Crippen LogP contribution is 2.28. The number of carbonyl (C=O) groups is 1. The zero-order valence-corrected chi connectivity index (χ0v) is 12.5. The van der Waals surface area contributed by atoms with Crippen molar-refractivity contribution >= 4 is 43.5 Å². The summed E-state index contributed by atoms with van der Waals surface area (Å²) in [5.41, 5.74) is 0.692. The van der Waals surface area contributed by atoms with Gasteiger partial charge in [-0.05, 0) is 41.9 Å². The minimum Gasteiger partial charge on any atom is -0.497 e. The van der Waals surface area contributed by atoms with Crippen molar-refractivity contribution in [3.63, 3.8) is 0 Å². The first-order chi connectivity index (χ1) is 7.34. The number of nitrogens with one attached hydrogen (secondary N) is 1. The molecule has 0 saturated heterocycles. The van der Waals surface area contributed by atoms with E-state index in [0.29, 0.717) is 11.4 Å². The molecule has 0 aliphatic rings. The Hall–Kier alpha value is -0.550. The van der Waals surface area contributed by atoms with Gasteiger partial charge < -0.3 is 10.1 Å². The van der Waals surface area contributed by atoms with Crippen LogP contribution in [0.3, 0.4) is 0 Å². The Morgan fingerprint density at radius 1 is 1.44 bits per heavy atom. The lowest BCUT2D eigenvalue weighted by atomic mass is 10.2. The number of halogens is 2. The van der Waals surface area contributed by atoms with E-state index >= 15 is 0 Å². The smallest absolute Gasteiger partial charge is 0.240 e. The SMILES string of the molecule is COc1ccc(Br)c(NC(=O)C(C)(C)Br)c1. The van der Waals surface area contributed by atoms with Crippen LogP contribution in [0.5, 0.6) is 5.75 Å². The van der Waals surface area contributed by atoms with E-state index in [1.54, 1.807) is 27.0 Å². The van der Waals surface area contributed by atoms with Crippen LogP contribution in [-0.2, 0) is 4.79 Å². The molecule has 0 unspecified atom stereocenters. The monoisotopic (exact) mass is 349 g/mol. The minimum absolute atomic E-state index is 0.110. The number of hydrogen-bond acceptors (Lipinski definition) is 2. The molecule has 0 aliphatic heterocycles. The lowest BCUT2D eigenvalue weighted by Gasteiger charge is -2.17. The average molecular weight is 351 g/mol. The molecule has 1 N–H and O–H groups in total. The normalized spacial score (nSPS) is 11.1. The predicted octanol–water partition coefficient (Wildman–Crippen LogP) is 3.57. The van der Waals surface area contributed by atoms with E-state index in [1.165, 1.54) is 0 Å². The first kappa shape index (κ1) is 13.5. The molecule has 0 heterocycles. The van der Waals surface area contributed by atoms with E-state index in [-0.39, 0.29) is 5.91 Å². The fourth-order valence-corrected chi connectivity index (χ4v) is 1.44. The summed E-state index contributed by atoms with van der Waals surface area (Å²) in [4.78, 5) is 11.8. The molecule has 0 spiro atoms. The highest BCUT2D eigenvalue weighted by Gasteiger charge is 2.24. The van der Waals surface area contributed by atoms with Gasteiger partial charge in [0.25, 0.3) is 0 Å². The van der Waals surface area contributed by atoms with Gasteiger partial charge in [0.15, 0.2) is 0 Å². The number of methoxy groups -OCH3 is 1. The Morgan fingerprint density at radius 2 is 2.06 bits per heavy atom. The van der Waals surface area contributed by atoms with E-state index in [2.05, 4.69) is 37.2 Å². The van der Waals surface area contributed by atoms with Crippen LogP contribution < -0.4 is 10.1 Å². The first-order valence-corrected chi connectivity index (χ1v) is 6.27. The Morgan fingerprint density at radius 3 is 2.56 bits per heavy atom. The van der Waals surface area contributed by atoms with E-state index in [0.717, 1.165) is 4.47 Å². The van der Waals surface area contributed by atoms with Gasteiger partial charge in [-0.15, -0.1) is 0 Å². The second-order valence-corrected chi connectivity index (χ2v) is 6.61. The second kappa shape index (κ2) is 5.19. The number of ether oxygens (including phenoxy) is 1. The molecule has 0 aromatic heterocycles. The van der Waals surface area contributed by atoms with Crippen LogP contribution in [-0.4, -0.2) is 17.3 Å². The molecule has 0 fully saturated rings. The van der Waals surface area contributed by atoms with Gasteiger partial charge in [0.1, 0.15) is 5.75 Å². The van der Waals surface area contributed by atoms with Crippen molar-refractivity contribution in [2.45, 2.75) is 18.2 Å². The highest BCUT2D eigenvalue weighted by atomic mass is 79.9. The number of rotatable bonds is 3. The molecular formula is C11H13Br2NO2. The fourth-order valence-electron chi connectivity index (χ4n) is 0.998. The topological polar surface area (TPSA) is 38.3 Å². The minimum atomic E-state index is -0.602. The summed E-state index contributed by atoms with van der Waals surface area (Å²) in [5, 5.41) is 2.81. The van der Waals surface area contributed by atoms with E-state index in [4.69, 9.17) is 4.74 Å². The van der Waals surface area contributed by atoms with Crippen molar-refractivity contribution < 1.29 is 9.53 Å². The maximum Gasteiger partial charge on any atom is 0.240 e. The van der Waals surface area contributed by atoms with Crippen molar-refractivity contribution in [1.29, 1.82) is 0 Å². The lowest BCUT2D eigenvalue weighted by Crippen LogP contribution is -2.31. The van der Waals surface area contributed by atoms with Crippen molar-refractivity contribution in [3.05, 3.63) is 22.7 Å². The number of benzene rings is 1. The van der Waals surface area contributed by atoms with Gasteiger partial charge in [0.2, 0.25) is 5.91 Å². The molecule has 0 atom stereocenters. The van der Waals surface area contributed by atoms with Crippen LogP contribution in [0.15, 0.2) is 22.7 Å². The van der Waals surface area contributed by atoms with Crippen LogP contribution in [0, 0.1) is 0 Å². The maximum absolute atomic E-state index is 11.8. The van der Waals surface area contributed by atoms with Gasteiger partial charge in [-0.25, -0.2) is 0 Å². The van der Waals surface area contributed by atoms with Crippen LogP contribution in [0.4, 0.5) is 5.69 Å². The molecule has 1 aromatic rings. The van der Waals surface area contributed by atoms with Gasteiger partial charge >= 0.3 is 0 Å². The van der Waals surface area contributed by atoms with Gasteiger partial charge in [-0.2, -0.15) is 0 Å². The molecule has 3 nitrogen and oxygen atoms in total. The molecule has 0 aliphatic carbocycles. The van der Waals surface area contributed by atoms with Crippen molar-refractivity contribution in [1.82, 2.24) is 0 Å². The fraction of sp³-hybridized carbons (Fsp3) is 0.364. The highest BCUT2D eigenvalue weighted by molar-refractivity contribution is 9.10. The molecule has 0 radical (unpaired) electrons. The summed E-state index contributed by atoms with van der Waals surface area (Å²) >= 11 is 6.67.